The van der Waals surface area contributed by atoms with E-state index in [1.54, 1.807) is 21.3 Å². The number of likely N-dealkylation sites (tertiary alicyclic amines) is 1. The van der Waals surface area contributed by atoms with E-state index in [0.717, 1.165) is 42.6 Å². The molecule has 1 fully saturated rings. The Morgan fingerprint density at radius 3 is 1.96 bits per heavy atom. The molecular formula is C42H57NO5Si. The molecule has 3 aromatic carbocycles. The highest BCUT2D eigenvalue weighted by molar-refractivity contribution is 6.99. The summed E-state index contributed by atoms with van der Waals surface area (Å²) in [5.74, 6) is 0.390. The standard InChI is InChI=1S/C42H57NO5Si/c1-32(2)39(23-16-28-48-49(42(3,4)5,37-19-11-9-12-20-37)38-21-13-10-14-22-38)40(27-24-33-17-15-18-36(29-33)47-8)41(44)43-34(30-45-6)25-26-35(43)31-46-7/h9-15,17-22,24,27,29,34-35,39-40H,1,16,23,25-26,28,30-31H2,2-8H3/b27-24+/t34-,35-,39-,40+/m0/s1. The number of methoxy groups -OCH3 is 3. The Labute approximate surface area is 296 Å². The number of allylic oxidation sites excluding steroid dienone is 1. The maximum absolute atomic E-state index is 14.8. The highest BCUT2D eigenvalue weighted by Crippen LogP contribution is 2.38. The van der Waals surface area contributed by atoms with Gasteiger partial charge in [-0.05, 0) is 71.6 Å². The molecule has 1 heterocycles. The lowest BCUT2D eigenvalue weighted by atomic mass is 9.81. The Bertz CT molecular complexity index is 1450. The molecule has 0 radical (unpaired) electrons. The Kier molecular flexibility index (Phi) is 14.0. The lowest BCUT2D eigenvalue weighted by Gasteiger charge is -2.43. The lowest BCUT2D eigenvalue weighted by molar-refractivity contribution is -0.140. The molecule has 1 aliphatic rings. The average Bonchev–Trinajstić information content (AvgIpc) is 3.49. The molecule has 1 saturated heterocycles. The number of hydrogen-bond donors (Lipinski definition) is 0. The summed E-state index contributed by atoms with van der Waals surface area (Å²) in [5.41, 5.74) is 1.97. The number of carbonyl (C=O) groups is 1. The molecular weight excluding hydrogens is 627 g/mol. The number of benzene rings is 3. The Hall–Kier alpha value is -3.49. The average molecular weight is 684 g/mol. The second-order valence-electron chi connectivity index (χ2n) is 14.3. The number of carbonyl (C=O) groups excluding carboxylic acids is 1. The monoisotopic (exact) mass is 683 g/mol. The van der Waals surface area contributed by atoms with Crippen LogP contribution < -0.4 is 15.1 Å². The van der Waals surface area contributed by atoms with Gasteiger partial charge in [-0.15, -0.1) is 0 Å². The van der Waals surface area contributed by atoms with Crippen molar-refractivity contribution in [2.75, 3.05) is 41.2 Å². The third kappa shape index (κ3) is 9.20. The molecule has 1 aliphatic heterocycles. The molecule has 0 bridgehead atoms. The number of amides is 1. The predicted octanol–water partition coefficient (Wildman–Crippen LogP) is 7.53. The van der Waals surface area contributed by atoms with Gasteiger partial charge in [-0.2, -0.15) is 0 Å². The summed E-state index contributed by atoms with van der Waals surface area (Å²) in [5, 5.41) is 2.42. The highest BCUT2D eigenvalue weighted by atomic mass is 28.4. The third-order valence-electron chi connectivity index (χ3n) is 9.93. The van der Waals surface area contributed by atoms with Crippen LogP contribution in [0.1, 0.15) is 58.9 Å². The van der Waals surface area contributed by atoms with E-state index in [1.807, 2.05) is 35.2 Å². The van der Waals surface area contributed by atoms with Crippen LogP contribution in [0.15, 0.2) is 103 Å². The van der Waals surface area contributed by atoms with Gasteiger partial charge in [0.1, 0.15) is 5.75 Å². The van der Waals surface area contributed by atoms with Crippen LogP contribution in [-0.4, -0.2) is 72.4 Å². The van der Waals surface area contributed by atoms with Gasteiger partial charge in [0.2, 0.25) is 5.91 Å². The van der Waals surface area contributed by atoms with E-state index < -0.39 is 14.2 Å². The molecule has 264 valence electrons. The summed E-state index contributed by atoms with van der Waals surface area (Å²) < 4.78 is 23.9. The second-order valence-corrected chi connectivity index (χ2v) is 18.6. The zero-order valence-corrected chi connectivity index (χ0v) is 31.7. The van der Waals surface area contributed by atoms with E-state index in [0.29, 0.717) is 19.8 Å². The van der Waals surface area contributed by atoms with Gasteiger partial charge in [-0.3, -0.25) is 4.79 Å². The lowest BCUT2D eigenvalue weighted by Crippen LogP contribution is -2.66. The van der Waals surface area contributed by atoms with Gasteiger partial charge < -0.3 is 23.5 Å². The first-order valence-electron chi connectivity index (χ1n) is 17.6. The van der Waals surface area contributed by atoms with E-state index in [-0.39, 0.29) is 28.9 Å². The van der Waals surface area contributed by atoms with Crippen molar-refractivity contribution in [1.82, 2.24) is 4.90 Å². The molecule has 0 aliphatic carbocycles. The molecule has 4 rings (SSSR count). The Morgan fingerprint density at radius 1 is 0.898 bits per heavy atom. The van der Waals surface area contributed by atoms with Crippen LogP contribution >= 0.6 is 0 Å². The first-order chi connectivity index (χ1) is 23.6. The topological polar surface area (TPSA) is 57.2 Å². The number of hydrogen-bond acceptors (Lipinski definition) is 5. The molecule has 0 N–H and O–H groups in total. The summed E-state index contributed by atoms with van der Waals surface area (Å²) >= 11 is 0. The predicted molar refractivity (Wildman–Crippen MR) is 204 cm³/mol. The minimum Gasteiger partial charge on any atom is -0.497 e. The fraction of sp³-hybridized carbons (Fsp3) is 0.452. The van der Waals surface area contributed by atoms with Gasteiger partial charge in [0.25, 0.3) is 8.32 Å². The van der Waals surface area contributed by atoms with Crippen molar-refractivity contribution in [1.29, 1.82) is 0 Å². The Balaban J connectivity index is 1.65. The minimum absolute atomic E-state index is 0.00891. The zero-order valence-electron chi connectivity index (χ0n) is 30.7. The molecule has 1 amide bonds. The first kappa shape index (κ1) is 38.3. The van der Waals surface area contributed by atoms with Crippen LogP contribution in [0, 0.1) is 11.8 Å². The van der Waals surface area contributed by atoms with E-state index in [4.69, 9.17) is 18.6 Å². The summed E-state index contributed by atoms with van der Waals surface area (Å²) in [6.45, 7) is 15.0. The van der Waals surface area contributed by atoms with Crippen molar-refractivity contribution < 1.29 is 23.4 Å². The van der Waals surface area contributed by atoms with E-state index in [9.17, 15) is 4.79 Å². The number of rotatable bonds is 17. The van der Waals surface area contributed by atoms with Crippen LogP contribution in [0.5, 0.6) is 5.75 Å². The smallest absolute Gasteiger partial charge is 0.261 e. The van der Waals surface area contributed by atoms with Crippen molar-refractivity contribution in [2.45, 2.75) is 70.5 Å². The van der Waals surface area contributed by atoms with Crippen molar-refractivity contribution in [3.05, 3.63) is 109 Å². The van der Waals surface area contributed by atoms with E-state index in [2.05, 4.69) is 101 Å². The second kappa shape index (κ2) is 18.0. The Morgan fingerprint density at radius 2 is 1.47 bits per heavy atom. The van der Waals surface area contributed by atoms with Gasteiger partial charge in [0.15, 0.2) is 0 Å². The van der Waals surface area contributed by atoms with Crippen molar-refractivity contribution in [3.63, 3.8) is 0 Å². The van der Waals surface area contributed by atoms with Gasteiger partial charge in [0.05, 0.1) is 38.3 Å². The first-order valence-corrected chi connectivity index (χ1v) is 19.5. The summed E-state index contributed by atoms with van der Waals surface area (Å²) in [4.78, 5) is 16.8. The molecule has 3 aromatic rings. The van der Waals surface area contributed by atoms with Crippen LogP contribution in [0.2, 0.25) is 5.04 Å². The van der Waals surface area contributed by atoms with E-state index in [1.165, 1.54) is 10.4 Å². The van der Waals surface area contributed by atoms with E-state index >= 15 is 0 Å². The molecule has 0 unspecified atom stereocenters. The fourth-order valence-corrected chi connectivity index (χ4v) is 12.2. The van der Waals surface area contributed by atoms with Gasteiger partial charge >= 0.3 is 0 Å². The molecule has 4 atom stereocenters. The SMILES string of the molecule is C=C(C)[C@H](CCCO[Si](c1ccccc1)(c1ccccc1)C(C)(C)C)[C@@H](/C=C/c1cccc(OC)c1)C(=O)N1[C@H](COC)CC[C@H]1COC. The van der Waals surface area contributed by atoms with Crippen LogP contribution in [0.4, 0.5) is 0 Å². The quantitative estimate of drug-likeness (QED) is 0.0837. The maximum atomic E-state index is 14.8. The largest absolute Gasteiger partial charge is 0.497 e. The summed E-state index contributed by atoms with van der Waals surface area (Å²) in [7, 11) is 2.40. The van der Waals surface area contributed by atoms with Crippen LogP contribution in [-0.2, 0) is 18.7 Å². The van der Waals surface area contributed by atoms with Crippen molar-refractivity contribution >= 4 is 30.7 Å². The molecule has 0 aromatic heterocycles. The molecule has 0 spiro atoms. The minimum atomic E-state index is -2.67. The maximum Gasteiger partial charge on any atom is 0.261 e. The van der Waals surface area contributed by atoms with Gasteiger partial charge in [0, 0.05) is 20.8 Å². The number of ether oxygens (including phenoxy) is 3. The number of nitrogens with zero attached hydrogens (tertiary/aromatic N) is 1. The molecule has 6 nitrogen and oxygen atoms in total. The summed E-state index contributed by atoms with van der Waals surface area (Å²) in [6, 6.07) is 29.4. The third-order valence-corrected chi connectivity index (χ3v) is 15.0. The van der Waals surface area contributed by atoms with Crippen LogP contribution in [0.3, 0.4) is 0 Å². The zero-order chi connectivity index (χ0) is 35.4. The van der Waals surface area contributed by atoms with Gasteiger partial charge in [-0.25, -0.2) is 0 Å². The normalized spacial score (nSPS) is 18.1. The van der Waals surface area contributed by atoms with Crippen LogP contribution in [0.25, 0.3) is 6.08 Å². The van der Waals surface area contributed by atoms with Crippen molar-refractivity contribution in [3.8, 4) is 5.75 Å². The fourth-order valence-electron chi connectivity index (χ4n) is 7.58. The highest BCUT2D eigenvalue weighted by Gasteiger charge is 2.50. The van der Waals surface area contributed by atoms with Gasteiger partial charge in [-0.1, -0.05) is 118 Å². The molecule has 49 heavy (non-hydrogen) atoms. The van der Waals surface area contributed by atoms with Crippen molar-refractivity contribution in [2.24, 2.45) is 11.8 Å². The molecule has 0 saturated carbocycles. The molecule has 7 heteroatoms. The summed E-state index contributed by atoms with van der Waals surface area (Å²) in [6.07, 6.45) is 7.47.